The van der Waals surface area contributed by atoms with Gasteiger partial charge in [-0.25, -0.2) is 18.6 Å². The van der Waals surface area contributed by atoms with Crippen molar-refractivity contribution in [1.82, 2.24) is 74.1 Å². The van der Waals surface area contributed by atoms with Gasteiger partial charge in [0.25, 0.3) is 23.7 Å². The number of fused-ring (bicyclic) bond motifs is 3. The maximum Gasteiger partial charge on any atom is 0.409 e. The van der Waals surface area contributed by atoms with Gasteiger partial charge in [0, 0.05) is 103 Å². The van der Waals surface area contributed by atoms with E-state index in [9.17, 15) is 14.7 Å². The van der Waals surface area contributed by atoms with E-state index in [4.69, 9.17) is 52.9 Å². The molecule has 0 spiro atoms. The average Bonchev–Trinajstić information content (AvgIpc) is 1.69. The van der Waals surface area contributed by atoms with Gasteiger partial charge in [0.1, 0.15) is 24.2 Å². The summed E-state index contributed by atoms with van der Waals surface area (Å²) in [6.07, 6.45) is 11.8. The minimum atomic E-state index is -3.17. The predicted octanol–water partition coefficient (Wildman–Crippen LogP) is 8.74. The molecule has 27 heteroatoms. The predicted molar refractivity (Wildman–Crippen MR) is 318 cm³/mol. The number of hydrogen-bond donors (Lipinski definition) is 1. The fourth-order valence-corrected chi connectivity index (χ4v) is 14.2. The number of amides is 2. The molecule has 90 heavy (non-hydrogen) atoms. The van der Waals surface area contributed by atoms with Crippen LogP contribution in [-0.4, -0.2) is 183 Å². The quantitative estimate of drug-likeness (QED) is 0.100. The van der Waals surface area contributed by atoms with E-state index >= 15 is 8.78 Å². The number of imidazole rings is 1. The maximum atomic E-state index is 15.4. The molecule has 2 aromatic carbocycles. The lowest BCUT2D eigenvalue weighted by Gasteiger charge is -2.40. The van der Waals surface area contributed by atoms with E-state index in [0.717, 1.165) is 102 Å². The van der Waals surface area contributed by atoms with E-state index in [-0.39, 0.29) is 78.9 Å². The lowest BCUT2D eigenvalue weighted by molar-refractivity contribution is -0.142. The Morgan fingerprint density at radius 2 is 1.50 bits per heavy atom. The monoisotopic (exact) mass is 1230 g/mol. The van der Waals surface area contributed by atoms with Crippen molar-refractivity contribution in [3.8, 4) is 34.3 Å². The van der Waals surface area contributed by atoms with Crippen molar-refractivity contribution < 1.29 is 51.3 Å². The Kier molecular flexibility index (Phi) is 14.5. The number of hydrogen-bond acceptors (Lipinski definition) is 20. The minimum Gasteiger partial charge on any atom is -0.453 e. The Balaban J connectivity index is 0.689. The number of carbonyl (C=O) groups is 2. The zero-order chi connectivity index (χ0) is 60.9. The molecule has 12 heterocycles. The van der Waals surface area contributed by atoms with Gasteiger partial charge in [-0.15, -0.1) is 0 Å². The molecule has 470 valence electrons. The van der Waals surface area contributed by atoms with E-state index < -0.39 is 25.1 Å². The van der Waals surface area contributed by atoms with Crippen LogP contribution in [0.25, 0.3) is 61.6 Å². The summed E-state index contributed by atoms with van der Waals surface area (Å²) >= 11 is 0. The van der Waals surface area contributed by atoms with Gasteiger partial charge < -0.3 is 52.0 Å². The first kappa shape index (κ1) is 56.9. The van der Waals surface area contributed by atoms with Crippen molar-refractivity contribution in [2.75, 3.05) is 84.2 Å². The summed E-state index contributed by atoms with van der Waals surface area (Å²) < 4.78 is 71.8. The lowest BCUT2D eigenvalue weighted by atomic mass is 9.82. The second-order valence-corrected chi connectivity index (χ2v) is 25.8. The number of anilines is 1. The van der Waals surface area contributed by atoms with Gasteiger partial charge in [0.2, 0.25) is 17.6 Å². The lowest BCUT2D eigenvalue weighted by Crippen LogP contribution is -2.46. The summed E-state index contributed by atoms with van der Waals surface area (Å²) in [4.78, 5) is 51.9. The Labute approximate surface area is 514 Å². The fourth-order valence-electron chi connectivity index (χ4n) is 14.2. The van der Waals surface area contributed by atoms with Crippen molar-refractivity contribution in [1.29, 1.82) is 0 Å². The van der Waals surface area contributed by atoms with Gasteiger partial charge in [-0.2, -0.15) is 25.1 Å². The molecule has 16 rings (SSSR count). The Bertz CT molecular complexity index is 4150. The van der Waals surface area contributed by atoms with Crippen LogP contribution in [-0.2, 0) is 25.4 Å². The van der Waals surface area contributed by atoms with E-state index in [0.29, 0.717) is 98.5 Å². The number of alkyl halides is 2. The summed E-state index contributed by atoms with van der Waals surface area (Å²) in [7, 11) is 1.39. The summed E-state index contributed by atoms with van der Waals surface area (Å²) in [5.74, 6) is -0.292. The molecule has 2 amide bonds. The van der Waals surface area contributed by atoms with Gasteiger partial charge in [-0.05, 0) is 92.8 Å². The molecule has 4 atom stereocenters. The number of methoxy groups -OCH3 is 1. The smallest absolute Gasteiger partial charge is 0.409 e. The number of ether oxygens (including phenoxy) is 3. The van der Waals surface area contributed by atoms with Crippen LogP contribution in [0.2, 0.25) is 0 Å². The molecule has 0 radical (unpaired) electrons. The number of piperidine rings is 2. The van der Waals surface area contributed by atoms with Gasteiger partial charge in [0.05, 0.1) is 80.2 Å². The number of carbonyl (C=O) groups excluding carboxylic acids is 2. The topological polar surface area (TPSA) is 265 Å². The Morgan fingerprint density at radius 3 is 2.24 bits per heavy atom. The molecule has 1 N–H and O–H groups in total. The van der Waals surface area contributed by atoms with E-state index in [2.05, 4.69) is 53.5 Å². The van der Waals surface area contributed by atoms with Crippen LogP contribution in [0.3, 0.4) is 0 Å². The van der Waals surface area contributed by atoms with Gasteiger partial charge >= 0.3 is 6.09 Å². The number of aliphatic hydroxyl groups is 1. The molecule has 2 aliphatic carbocycles. The summed E-state index contributed by atoms with van der Waals surface area (Å²) in [6, 6.07) is 15.6. The number of aromatic nitrogens is 12. The fraction of sp³-hybridized carbons (Fsp3) is 0.540. The highest BCUT2D eigenvalue weighted by molar-refractivity contribution is 5.87. The molecule has 7 aromatic heterocycles. The average molecular weight is 1230 g/mol. The largest absolute Gasteiger partial charge is 0.453 e. The highest BCUT2D eigenvalue weighted by Gasteiger charge is 2.44. The van der Waals surface area contributed by atoms with Crippen LogP contribution in [0.4, 0.5) is 19.5 Å². The molecule has 7 aliphatic rings. The van der Waals surface area contributed by atoms with E-state index in [1.165, 1.54) is 23.3 Å². The van der Waals surface area contributed by atoms with Crippen molar-refractivity contribution in [2.24, 2.45) is 11.8 Å². The van der Waals surface area contributed by atoms with Gasteiger partial charge in [-0.1, -0.05) is 48.3 Å². The molecule has 5 aliphatic heterocycles. The highest BCUT2D eigenvalue weighted by atomic mass is 19.3. The number of benzene rings is 2. The molecule has 7 fully saturated rings. The van der Waals surface area contributed by atoms with Gasteiger partial charge in [-0.3, -0.25) is 19.1 Å². The second kappa shape index (κ2) is 22.9. The van der Waals surface area contributed by atoms with E-state index in [1.54, 1.807) is 11.1 Å². The Hall–Kier alpha value is -8.27. The number of halogens is 2. The van der Waals surface area contributed by atoms with Crippen LogP contribution < -0.4 is 4.90 Å². The van der Waals surface area contributed by atoms with Crippen LogP contribution in [0.1, 0.15) is 136 Å². The number of pyridine rings is 1. The van der Waals surface area contributed by atoms with Crippen molar-refractivity contribution >= 4 is 45.3 Å². The minimum absolute atomic E-state index is 0.00504. The molecule has 9 aromatic rings. The van der Waals surface area contributed by atoms with E-state index in [1.807, 2.05) is 47.3 Å². The zero-order valence-corrected chi connectivity index (χ0v) is 50.2. The van der Waals surface area contributed by atoms with Gasteiger partial charge in [0.15, 0.2) is 5.82 Å². The highest BCUT2D eigenvalue weighted by Crippen LogP contribution is 2.44. The Morgan fingerprint density at radius 1 is 0.744 bits per heavy atom. The molecule has 2 saturated carbocycles. The molecule has 4 unspecified atom stereocenters. The molecular formula is C63H70F2N16O9. The third-order valence-electron chi connectivity index (χ3n) is 20.1. The number of likely N-dealkylation sites (tertiary alicyclic amines) is 2. The number of rotatable bonds is 15. The molecular weight excluding hydrogens is 1160 g/mol. The third-order valence-corrected chi connectivity index (χ3v) is 20.1. The molecule has 25 nitrogen and oxygen atoms in total. The zero-order valence-electron chi connectivity index (χ0n) is 50.2. The summed E-state index contributed by atoms with van der Waals surface area (Å²) in [5.41, 5.74) is 6.37. The van der Waals surface area contributed by atoms with Crippen molar-refractivity contribution in [2.45, 2.75) is 126 Å². The SMILES string of the molecule is COC(=O)N1CCC(c2noc(-c3ccn4c(C5OCC5n5ncc6ccc(-c7nc(N8CCN(C(=O)C9CCC9)CC(F)(F)C8)no7)cc65)nc(C(C)Cc5nn(C6COC6)c6cc(-c7noc(C8CCN(C(O)C9CCC9)CC8)n7)ccc56)c4c3)n2)CC1. The molecule has 0 bridgehead atoms. The normalized spacial score (nSPS) is 22.4. The van der Waals surface area contributed by atoms with Crippen LogP contribution in [0, 0.1) is 11.8 Å². The maximum absolute atomic E-state index is 15.4. The molecule has 5 saturated heterocycles. The van der Waals surface area contributed by atoms with Crippen LogP contribution in [0.15, 0.2) is 74.5 Å². The number of nitrogens with zero attached hydrogens (tertiary/aromatic N) is 16. The first-order chi connectivity index (χ1) is 43.9. The van der Waals surface area contributed by atoms with Crippen LogP contribution in [0.5, 0.6) is 0 Å². The standard InChI is InChI=1S/C63H70F2N16O9/c1-35(25-46-45-12-11-40(26-48(45)80(71-46)44-30-86-31-44)54-69-56(88-73-54)37-15-18-75(19-16-37)59(82)38-5-3-6-38)51-49-28-42(57-68-53(72-89-57)36-13-20-76(21-14-36)62(84)85-2)17-22-79(49)55(67-51)52-50(32-87-52)81-47-27-41(9-10-43(47)29-66-81)58-70-61(74-90-58)78-24-23-77(33-63(64,65)34-78)60(83)39-7-4-8-39/h9-12,17,22,26-29,35-39,44,50,52,59,82H,3-8,13-16,18-21,23-25,30-34H2,1-2H3. The second-order valence-electron chi connectivity index (χ2n) is 25.8. The number of aliphatic hydroxyl groups excluding tert-OH is 1. The summed E-state index contributed by atoms with van der Waals surface area (Å²) in [5, 5.41) is 36.1. The van der Waals surface area contributed by atoms with Crippen molar-refractivity contribution in [3.63, 3.8) is 0 Å². The first-order valence-electron chi connectivity index (χ1n) is 31.7. The summed E-state index contributed by atoms with van der Waals surface area (Å²) in [6.45, 7) is 5.21. The third kappa shape index (κ3) is 10.3. The van der Waals surface area contributed by atoms with Crippen LogP contribution >= 0.6 is 0 Å². The first-order valence-corrected chi connectivity index (χ1v) is 31.7. The van der Waals surface area contributed by atoms with Crippen molar-refractivity contribution in [3.05, 3.63) is 89.9 Å².